The van der Waals surface area contributed by atoms with Crippen LogP contribution in [0.25, 0.3) is 0 Å². The Hall–Kier alpha value is -0.770. The number of alkyl halides is 1. The molecule has 0 aromatic heterocycles. The zero-order valence-corrected chi connectivity index (χ0v) is 5.87. The lowest BCUT2D eigenvalue weighted by atomic mass is 10.3. The van der Waals surface area contributed by atoms with Crippen LogP contribution in [0.2, 0.25) is 0 Å². The minimum atomic E-state index is -1.03. The summed E-state index contributed by atoms with van der Waals surface area (Å²) in [7, 11) is 0. The van der Waals surface area contributed by atoms with Crippen LogP contribution < -0.4 is 0 Å². The summed E-state index contributed by atoms with van der Waals surface area (Å²) in [5.74, 6) is -1.03. The van der Waals surface area contributed by atoms with Gasteiger partial charge in [0.25, 0.3) is 6.47 Å². The van der Waals surface area contributed by atoms with Crippen molar-refractivity contribution in [2.75, 3.05) is 5.88 Å². The van der Waals surface area contributed by atoms with Crippen molar-refractivity contribution >= 4 is 24.0 Å². The van der Waals surface area contributed by atoms with E-state index in [1.54, 1.807) is 0 Å². The quantitative estimate of drug-likeness (QED) is 0.470. The minimum absolute atomic E-state index is 0.00500. The van der Waals surface area contributed by atoms with Crippen molar-refractivity contribution < 1.29 is 19.4 Å². The van der Waals surface area contributed by atoms with Crippen LogP contribution in [0.1, 0.15) is 6.42 Å². The molecule has 5 heteroatoms. The number of carbonyl (C=O) groups is 2. The predicted molar refractivity (Wildman–Crippen MR) is 33.9 cm³/mol. The second-order valence-electron chi connectivity index (χ2n) is 1.61. The van der Waals surface area contributed by atoms with Crippen molar-refractivity contribution in [2.24, 2.45) is 0 Å². The third-order valence-corrected chi connectivity index (χ3v) is 1.17. The van der Waals surface area contributed by atoms with E-state index < -0.39 is 12.1 Å². The highest BCUT2D eigenvalue weighted by molar-refractivity contribution is 6.18. The van der Waals surface area contributed by atoms with Crippen molar-refractivity contribution in [1.82, 2.24) is 0 Å². The number of ether oxygens (including phenoxy) is 1. The number of aliphatic carboxylic acids is 1. The van der Waals surface area contributed by atoms with Gasteiger partial charge in [0.05, 0.1) is 12.3 Å². The average molecular weight is 167 g/mol. The topological polar surface area (TPSA) is 63.6 Å². The maximum atomic E-state index is 9.99. The molecular weight excluding hydrogens is 160 g/mol. The Morgan fingerprint density at radius 2 is 2.40 bits per heavy atom. The third kappa shape index (κ3) is 4.14. The number of halogens is 1. The highest BCUT2D eigenvalue weighted by atomic mass is 35.5. The van der Waals surface area contributed by atoms with Gasteiger partial charge in [-0.15, -0.1) is 11.6 Å². The molecule has 0 aliphatic carbocycles. The summed E-state index contributed by atoms with van der Waals surface area (Å²) < 4.78 is 4.31. The summed E-state index contributed by atoms with van der Waals surface area (Å²) in [6.45, 7) is 0.190. The molecule has 1 N–H and O–H groups in total. The summed E-state index contributed by atoms with van der Waals surface area (Å²) in [6.07, 6.45) is -0.959. The number of rotatable bonds is 5. The van der Waals surface area contributed by atoms with Gasteiger partial charge in [-0.05, 0) is 0 Å². The molecule has 0 fully saturated rings. The number of carboxylic acid groups (broad SMARTS) is 1. The summed E-state index contributed by atoms with van der Waals surface area (Å²) in [5, 5.41) is 8.19. The minimum Gasteiger partial charge on any atom is -0.481 e. The smallest absolute Gasteiger partial charge is 0.307 e. The fourth-order valence-corrected chi connectivity index (χ4v) is 0.594. The Balaban J connectivity index is 3.59. The van der Waals surface area contributed by atoms with Crippen LogP contribution in [0.15, 0.2) is 0 Å². The molecule has 0 saturated carbocycles. The number of carbonyl (C=O) groups excluding carboxylic acids is 1. The number of hydrogen-bond acceptors (Lipinski definition) is 3. The molecule has 4 nitrogen and oxygen atoms in total. The molecule has 0 radical (unpaired) electrons. The van der Waals surface area contributed by atoms with Crippen LogP contribution in [0.4, 0.5) is 0 Å². The SMILES string of the molecule is O=CO[C@H](CCl)CC(=O)O. The molecule has 10 heavy (non-hydrogen) atoms. The highest BCUT2D eigenvalue weighted by Gasteiger charge is 2.11. The Morgan fingerprint density at radius 3 is 2.70 bits per heavy atom. The maximum Gasteiger partial charge on any atom is 0.307 e. The van der Waals surface area contributed by atoms with Crippen LogP contribution in [0, 0.1) is 0 Å². The van der Waals surface area contributed by atoms with Crippen molar-refractivity contribution in [3.63, 3.8) is 0 Å². The fraction of sp³-hybridized carbons (Fsp3) is 0.600. The Bertz CT molecular complexity index is 125. The van der Waals surface area contributed by atoms with Crippen molar-refractivity contribution in [3.8, 4) is 0 Å². The molecule has 0 aliphatic heterocycles. The molecule has 0 aromatic carbocycles. The van der Waals surface area contributed by atoms with E-state index in [1.807, 2.05) is 0 Å². The maximum absolute atomic E-state index is 9.99. The summed E-state index contributed by atoms with van der Waals surface area (Å²) in [5.41, 5.74) is 0. The fourth-order valence-electron chi connectivity index (χ4n) is 0.412. The van der Waals surface area contributed by atoms with Gasteiger partial charge in [0.1, 0.15) is 6.10 Å². The Labute approximate surface area is 62.7 Å². The number of hydrogen-bond donors (Lipinski definition) is 1. The van der Waals surface area contributed by atoms with Crippen LogP contribution in [0.3, 0.4) is 0 Å². The molecule has 0 spiro atoms. The molecule has 0 unspecified atom stereocenters. The van der Waals surface area contributed by atoms with E-state index in [0.29, 0.717) is 0 Å². The van der Waals surface area contributed by atoms with Crippen LogP contribution in [-0.4, -0.2) is 29.5 Å². The third-order valence-electron chi connectivity index (χ3n) is 0.822. The van der Waals surface area contributed by atoms with E-state index in [4.69, 9.17) is 16.7 Å². The van der Waals surface area contributed by atoms with Gasteiger partial charge in [-0.1, -0.05) is 0 Å². The molecular formula is C5H7ClO4. The van der Waals surface area contributed by atoms with Crippen LogP contribution >= 0.6 is 11.6 Å². The first-order chi connectivity index (χ1) is 4.70. The van der Waals surface area contributed by atoms with Gasteiger partial charge >= 0.3 is 5.97 Å². The van der Waals surface area contributed by atoms with Gasteiger partial charge in [0, 0.05) is 0 Å². The molecule has 0 amide bonds. The van der Waals surface area contributed by atoms with Gasteiger partial charge in [0.2, 0.25) is 0 Å². The highest BCUT2D eigenvalue weighted by Crippen LogP contribution is 1.98. The largest absolute Gasteiger partial charge is 0.481 e. The lowest BCUT2D eigenvalue weighted by molar-refractivity contribution is -0.142. The van der Waals surface area contributed by atoms with Gasteiger partial charge in [-0.25, -0.2) is 0 Å². The Kier molecular flexibility index (Phi) is 4.66. The van der Waals surface area contributed by atoms with E-state index in [-0.39, 0.29) is 18.8 Å². The first kappa shape index (κ1) is 9.23. The van der Waals surface area contributed by atoms with Crippen LogP contribution in [0.5, 0.6) is 0 Å². The standard InChI is InChI=1S/C5H7ClO4/c6-2-4(10-3-7)1-5(8)9/h3-4H,1-2H2,(H,8,9)/t4-/m0/s1. The van der Waals surface area contributed by atoms with Crippen molar-refractivity contribution in [1.29, 1.82) is 0 Å². The van der Waals surface area contributed by atoms with Crippen LogP contribution in [-0.2, 0) is 14.3 Å². The van der Waals surface area contributed by atoms with Gasteiger partial charge in [-0.3, -0.25) is 9.59 Å². The lowest BCUT2D eigenvalue weighted by Gasteiger charge is -2.07. The first-order valence-corrected chi connectivity index (χ1v) is 3.11. The zero-order chi connectivity index (χ0) is 7.98. The second kappa shape index (κ2) is 5.05. The van der Waals surface area contributed by atoms with E-state index in [2.05, 4.69) is 4.74 Å². The first-order valence-electron chi connectivity index (χ1n) is 2.57. The van der Waals surface area contributed by atoms with Crippen molar-refractivity contribution in [2.45, 2.75) is 12.5 Å². The molecule has 0 bridgehead atoms. The average Bonchev–Trinajstić information content (AvgIpc) is 1.86. The molecule has 0 aromatic rings. The van der Waals surface area contributed by atoms with Gasteiger partial charge in [-0.2, -0.15) is 0 Å². The van der Waals surface area contributed by atoms with E-state index in [1.165, 1.54) is 0 Å². The normalized spacial score (nSPS) is 12.1. The molecule has 1 atom stereocenters. The van der Waals surface area contributed by atoms with E-state index in [0.717, 1.165) is 0 Å². The monoisotopic (exact) mass is 166 g/mol. The van der Waals surface area contributed by atoms with E-state index in [9.17, 15) is 9.59 Å². The van der Waals surface area contributed by atoms with Gasteiger partial charge in [0.15, 0.2) is 0 Å². The van der Waals surface area contributed by atoms with Crippen molar-refractivity contribution in [3.05, 3.63) is 0 Å². The Morgan fingerprint density at radius 1 is 1.80 bits per heavy atom. The van der Waals surface area contributed by atoms with Gasteiger partial charge < -0.3 is 9.84 Å². The molecule has 58 valence electrons. The van der Waals surface area contributed by atoms with E-state index >= 15 is 0 Å². The summed E-state index contributed by atoms with van der Waals surface area (Å²) in [6, 6.07) is 0. The predicted octanol–water partition coefficient (Wildman–Crippen LogP) is 0.241. The number of carboxylic acids is 1. The molecule has 0 aliphatic rings. The lowest BCUT2D eigenvalue weighted by Crippen LogP contribution is -2.18. The summed E-state index contributed by atoms with van der Waals surface area (Å²) in [4.78, 5) is 19.7. The summed E-state index contributed by atoms with van der Waals surface area (Å²) >= 11 is 5.24. The molecule has 0 saturated heterocycles. The molecule has 0 rings (SSSR count). The second-order valence-corrected chi connectivity index (χ2v) is 1.92. The zero-order valence-electron chi connectivity index (χ0n) is 5.12. The molecule has 0 heterocycles.